The molecule has 0 radical (unpaired) electrons. The molecule has 0 aromatic heterocycles. The fraction of sp³-hybridized carbons (Fsp3) is 0.462. The number of halogens is 1. The van der Waals surface area contributed by atoms with Gasteiger partial charge in [-0.05, 0) is 24.3 Å². The molecule has 1 aromatic rings. The van der Waals surface area contributed by atoms with E-state index in [0.717, 1.165) is 10.6 Å². The second kappa shape index (κ2) is 5.35. The Labute approximate surface area is 101 Å². The molecule has 1 saturated carbocycles. The second-order valence-electron chi connectivity index (χ2n) is 4.33. The molecule has 0 heterocycles. The highest BCUT2D eigenvalue weighted by Crippen LogP contribution is 2.37. The Morgan fingerprint density at radius 3 is 2.69 bits per heavy atom. The minimum atomic E-state index is 0.577. The molecule has 1 aliphatic rings. The van der Waals surface area contributed by atoms with E-state index in [9.17, 15) is 0 Å². The predicted octanol–water partition coefficient (Wildman–Crippen LogP) is 4.20. The lowest BCUT2D eigenvalue weighted by Crippen LogP contribution is -2.05. The number of rotatable bonds is 2. The van der Waals surface area contributed by atoms with Gasteiger partial charge < -0.3 is 5.21 Å². The van der Waals surface area contributed by atoms with Crippen molar-refractivity contribution in [2.45, 2.75) is 38.0 Å². The maximum absolute atomic E-state index is 8.56. The highest BCUT2D eigenvalue weighted by Gasteiger charge is 2.18. The van der Waals surface area contributed by atoms with Crippen LogP contribution in [0.2, 0.25) is 5.02 Å². The molecule has 1 aromatic carbocycles. The highest BCUT2D eigenvalue weighted by atomic mass is 35.5. The van der Waals surface area contributed by atoms with Crippen molar-refractivity contribution in [3.63, 3.8) is 0 Å². The van der Waals surface area contributed by atoms with Crippen LogP contribution in [0.5, 0.6) is 0 Å². The number of hydrogen-bond donors (Lipinski definition) is 1. The molecule has 2 rings (SSSR count). The Morgan fingerprint density at radius 1 is 1.25 bits per heavy atom. The van der Waals surface area contributed by atoms with Crippen molar-refractivity contribution in [1.29, 1.82) is 0 Å². The normalized spacial score (nSPS) is 18.1. The van der Waals surface area contributed by atoms with E-state index in [1.165, 1.54) is 43.9 Å². The predicted molar refractivity (Wildman–Crippen MR) is 66.7 cm³/mol. The van der Waals surface area contributed by atoms with Gasteiger partial charge in [-0.25, -0.2) is 0 Å². The fourth-order valence-electron chi connectivity index (χ4n) is 2.46. The average molecular weight is 238 g/mol. The zero-order chi connectivity index (χ0) is 11.4. The molecule has 16 heavy (non-hydrogen) atoms. The summed E-state index contributed by atoms with van der Waals surface area (Å²) < 4.78 is 0. The van der Waals surface area contributed by atoms with E-state index in [2.05, 4.69) is 11.2 Å². The summed E-state index contributed by atoms with van der Waals surface area (Å²) in [6, 6.07) is 5.94. The molecular formula is C13H16ClNO. The molecule has 0 aliphatic heterocycles. The number of nitrogens with zero attached hydrogens (tertiary/aromatic N) is 1. The third-order valence-electron chi connectivity index (χ3n) is 3.30. The summed E-state index contributed by atoms with van der Waals surface area (Å²) in [4.78, 5) is 0. The lowest BCUT2D eigenvalue weighted by molar-refractivity contribution is 0.322. The van der Waals surface area contributed by atoms with E-state index in [-0.39, 0.29) is 0 Å². The molecule has 1 aliphatic carbocycles. The monoisotopic (exact) mass is 237 g/mol. The Balaban J connectivity index is 2.29. The SMILES string of the molecule is ON=Cc1cccc(C2CCCCC2)c1Cl. The summed E-state index contributed by atoms with van der Waals surface area (Å²) in [7, 11) is 0. The molecule has 0 bridgehead atoms. The molecule has 3 heteroatoms. The Hall–Kier alpha value is -1.02. The van der Waals surface area contributed by atoms with Crippen LogP contribution in [-0.2, 0) is 0 Å². The van der Waals surface area contributed by atoms with Crippen molar-refractivity contribution >= 4 is 17.8 Å². The van der Waals surface area contributed by atoms with Crippen LogP contribution in [0.1, 0.15) is 49.1 Å². The molecule has 0 amide bonds. The van der Waals surface area contributed by atoms with Gasteiger partial charge in [-0.2, -0.15) is 0 Å². The Morgan fingerprint density at radius 2 is 2.00 bits per heavy atom. The van der Waals surface area contributed by atoms with E-state index < -0.39 is 0 Å². The van der Waals surface area contributed by atoms with Crippen molar-refractivity contribution in [3.05, 3.63) is 34.3 Å². The average Bonchev–Trinajstić information content (AvgIpc) is 2.33. The summed E-state index contributed by atoms with van der Waals surface area (Å²) in [6.45, 7) is 0. The van der Waals surface area contributed by atoms with Gasteiger partial charge in [-0.15, -0.1) is 0 Å². The Kier molecular flexibility index (Phi) is 3.83. The van der Waals surface area contributed by atoms with E-state index >= 15 is 0 Å². The lowest BCUT2D eigenvalue weighted by atomic mass is 9.83. The topological polar surface area (TPSA) is 32.6 Å². The van der Waals surface area contributed by atoms with Crippen molar-refractivity contribution in [2.24, 2.45) is 5.16 Å². The first-order chi connectivity index (χ1) is 7.83. The van der Waals surface area contributed by atoms with Crippen molar-refractivity contribution in [2.75, 3.05) is 0 Å². The van der Waals surface area contributed by atoms with Gasteiger partial charge in [-0.3, -0.25) is 0 Å². The summed E-state index contributed by atoms with van der Waals surface area (Å²) >= 11 is 6.32. The number of hydrogen-bond acceptors (Lipinski definition) is 2. The van der Waals surface area contributed by atoms with Gasteiger partial charge in [0.15, 0.2) is 0 Å². The van der Waals surface area contributed by atoms with Crippen LogP contribution in [0.25, 0.3) is 0 Å². The molecule has 2 nitrogen and oxygen atoms in total. The maximum Gasteiger partial charge on any atom is 0.0748 e. The maximum atomic E-state index is 8.56. The minimum Gasteiger partial charge on any atom is -0.411 e. The summed E-state index contributed by atoms with van der Waals surface area (Å²) in [5, 5.41) is 12.3. The van der Waals surface area contributed by atoms with Crippen LogP contribution in [-0.4, -0.2) is 11.4 Å². The van der Waals surface area contributed by atoms with Crippen molar-refractivity contribution in [1.82, 2.24) is 0 Å². The lowest BCUT2D eigenvalue weighted by Gasteiger charge is -2.23. The van der Waals surface area contributed by atoms with E-state index in [4.69, 9.17) is 16.8 Å². The summed E-state index contributed by atoms with van der Waals surface area (Å²) in [6.07, 6.45) is 7.76. The van der Waals surface area contributed by atoms with Crippen LogP contribution in [0.15, 0.2) is 23.4 Å². The van der Waals surface area contributed by atoms with Gasteiger partial charge >= 0.3 is 0 Å². The number of benzene rings is 1. The highest BCUT2D eigenvalue weighted by molar-refractivity contribution is 6.33. The van der Waals surface area contributed by atoms with Gasteiger partial charge in [-0.1, -0.05) is 54.2 Å². The zero-order valence-corrected chi connectivity index (χ0v) is 9.95. The molecule has 0 spiro atoms. The summed E-state index contributed by atoms with van der Waals surface area (Å²) in [5.74, 6) is 0.577. The first kappa shape index (κ1) is 11.5. The third kappa shape index (κ3) is 2.38. The van der Waals surface area contributed by atoms with E-state index in [1.54, 1.807) is 0 Å². The smallest absolute Gasteiger partial charge is 0.0748 e. The van der Waals surface area contributed by atoms with Gasteiger partial charge in [0.05, 0.1) is 11.2 Å². The van der Waals surface area contributed by atoms with Crippen LogP contribution >= 0.6 is 11.6 Å². The first-order valence-corrected chi connectivity index (χ1v) is 6.16. The third-order valence-corrected chi connectivity index (χ3v) is 3.74. The van der Waals surface area contributed by atoms with Crippen molar-refractivity contribution < 1.29 is 5.21 Å². The first-order valence-electron chi connectivity index (χ1n) is 5.79. The van der Waals surface area contributed by atoms with E-state index in [0.29, 0.717) is 5.92 Å². The Bertz CT molecular complexity index is 384. The molecule has 1 N–H and O–H groups in total. The van der Waals surface area contributed by atoms with Gasteiger partial charge in [0.25, 0.3) is 0 Å². The fourth-order valence-corrected chi connectivity index (χ4v) is 2.79. The zero-order valence-electron chi connectivity index (χ0n) is 9.19. The van der Waals surface area contributed by atoms with Crippen LogP contribution in [0.3, 0.4) is 0 Å². The molecule has 0 atom stereocenters. The van der Waals surface area contributed by atoms with E-state index in [1.807, 2.05) is 12.1 Å². The van der Waals surface area contributed by atoms with Crippen LogP contribution < -0.4 is 0 Å². The minimum absolute atomic E-state index is 0.577. The molecule has 1 fully saturated rings. The van der Waals surface area contributed by atoms with Crippen LogP contribution in [0, 0.1) is 0 Å². The molecule has 86 valence electrons. The quantitative estimate of drug-likeness (QED) is 0.467. The van der Waals surface area contributed by atoms with Gasteiger partial charge in [0.1, 0.15) is 0 Å². The van der Waals surface area contributed by atoms with Gasteiger partial charge in [0, 0.05) is 5.56 Å². The molecule has 0 unspecified atom stereocenters. The standard InChI is InChI=1S/C13H16ClNO/c14-13-11(9-15-16)7-4-8-12(13)10-5-2-1-3-6-10/h4,7-10,16H,1-3,5-6H2. The van der Waals surface area contributed by atoms with Crippen LogP contribution in [0.4, 0.5) is 0 Å². The second-order valence-corrected chi connectivity index (χ2v) is 4.71. The molecular weight excluding hydrogens is 222 g/mol. The summed E-state index contributed by atoms with van der Waals surface area (Å²) in [5.41, 5.74) is 2.01. The number of oxime groups is 1. The van der Waals surface area contributed by atoms with Gasteiger partial charge in [0.2, 0.25) is 0 Å². The molecule has 0 saturated heterocycles. The van der Waals surface area contributed by atoms with Crippen molar-refractivity contribution in [3.8, 4) is 0 Å². The largest absolute Gasteiger partial charge is 0.411 e.